The van der Waals surface area contributed by atoms with E-state index < -0.39 is 41.6 Å². The van der Waals surface area contributed by atoms with Gasteiger partial charge in [-0.2, -0.15) is 21.6 Å². The van der Waals surface area contributed by atoms with Crippen molar-refractivity contribution in [3.8, 4) is 0 Å². The van der Waals surface area contributed by atoms with E-state index in [2.05, 4.69) is 8.71 Å². The van der Waals surface area contributed by atoms with Crippen LogP contribution in [0.25, 0.3) is 0 Å². The van der Waals surface area contributed by atoms with Gasteiger partial charge in [0, 0.05) is 6.42 Å². The third-order valence-corrected chi connectivity index (χ3v) is 5.43. The molecule has 6 nitrogen and oxygen atoms in total. The van der Waals surface area contributed by atoms with Crippen molar-refractivity contribution in [1.82, 2.24) is 0 Å². The molecule has 0 aromatic heterocycles. The Hall–Kier alpha value is -0.930. The van der Waals surface area contributed by atoms with Gasteiger partial charge in [0.05, 0.1) is 6.10 Å². The molecule has 1 aromatic carbocycles. The van der Waals surface area contributed by atoms with Gasteiger partial charge >= 0.3 is 23.2 Å². The molecule has 2 atom stereocenters. The Morgan fingerprint density at radius 3 is 2.17 bits per heavy atom. The van der Waals surface area contributed by atoms with E-state index in [1.54, 1.807) is 6.07 Å². The van der Waals surface area contributed by atoms with E-state index in [1.165, 1.54) is 38.1 Å². The van der Waals surface area contributed by atoms with Crippen molar-refractivity contribution in [2.75, 3.05) is 0 Å². The second-order valence-electron chi connectivity index (χ2n) is 4.86. The van der Waals surface area contributed by atoms with Crippen LogP contribution >= 0.6 is 7.60 Å². The third-order valence-electron chi connectivity index (χ3n) is 2.50. The molecule has 0 heterocycles. The van der Waals surface area contributed by atoms with Crippen molar-refractivity contribution < 1.29 is 39.8 Å². The van der Waals surface area contributed by atoms with E-state index in [4.69, 9.17) is 0 Å². The van der Waals surface area contributed by atoms with E-state index in [0.29, 0.717) is 5.56 Å². The molecule has 0 spiro atoms. The number of halogens is 3. The van der Waals surface area contributed by atoms with Crippen LogP contribution < -0.4 is 0 Å². The van der Waals surface area contributed by atoms with Crippen LogP contribution in [0.1, 0.15) is 19.4 Å². The Morgan fingerprint density at radius 1 is 1.22 bits per heavy atom. The maximum atomic E-state index is 12.5. The Morgan fingerprint density at radius 2 is 1.74 bits per heavy atom. The van der Waals surface area contributed by atoms with Gasteiger partial charge in [0.2, 0.25) is 0 Å². The highest BCUT2D eigenvalue weighted by Gasteiger charge is 2.51. The number of rotatable bonds is 7. The zero-order valence-corrected chi connectivity index (χ0v) is 13.9. The summed E-state index contributed by atoms with van der Waals surface area (Å²) < 4.78 is 80.5. The van der Waals surface area contributed by atoms with E-state index in [9.17, 15) is 31.0 Å². The lowest BCUT2D eigenvalue weighted by Gasteiger charge is -2.24. The quantitative estimate of drug-likeness (QED) is 0.447. The minimum atomic E-state index is -6.05. The van der Waals surface area contributed by atoms with Crippen LogP contribution in [-0.4, -0.2) is 30.8 Å². The Kier molecular flexibility index (Phi) is 6.39. The molecule has 0 bridgehead atoms. The monoisotopic (exact) mass is 376 g/mol. The number of hydrogen-bond donors (Lipinski definition) is 1. The minimum absolute atomic E-state index is 0.316. The molecule has 132 valence electrons. The highest BCUT2D eigenvalue weighted by Crippen LogP contribution is 2.51. The molecule has 0 radical (unpaired) electrons. The molecule has 0 fully saturated rings. The number of benzene rings is 1. The molecule has 2 unspecified atom stereocenters. The molecule has 1 rings (SSSR count). The summed E-state index contributed by atoms with van der Waals surface area (Å²) in [7, 11) is -10.8. The van der Waals surface area contributed by atoms with Gasteiger partial charge in [-0.25, -0.2) is 4.18 Å². The van der Waals surface area contributed by atoms with Crippen LogP contribution in [-0.2, 0) is 29.8 Å². The third kappa shape index (κ3) is 5.89. The van der Waals surface area contributed by atoms with Gasteiger partial charge in [0.1, 0.15) is 0 Å². The van der Waals surface area contributed by atoms with E-state index in [0.717, 1.165) is 0 Å². The zero-order valence-electron chi connectivity index (χ0n) is 12.2. The van der Waals surface area contributed by atoms with Crippen LogP contribution in [0.3, 0.4) is 0 Å². The first kappa shape index (κ1) is 20.1. The minimum Gasteiger partial charge on any atom is -0.322 e. The molecular formula is C12H16F3O6PS. The van der Waals surface area contributed by atoms with Crippen LogP contribution in [0.4, 0.5) is 13.2 Å². The summed E-state index contributed by atoms with van der Waals surface area (Å²) in [6, 6.07) is 7.60. The number of alkyl halides is 3. The van der Waals surface area contributed by atoms with Crippen molar-refractivity contribution in [3.05, 3.63) is 35.9 Å². The summed E-state index contributed by atoms with van der Waals surface area (Å²) in [5, 5.41) is 0. The second-order valence-corrected chi connectivity index (χ2v) is 8.34. The van der Waals surface area contributed by atoms with Gasteiger partial charge in [0.25, 0.3) is 0 Å². The van der Waals surface area contributed by atoms with Gasteiger partial charge in [-0.15, -0.1) is 0 Å². The van der Waals surface area contributed by atoms with Gasteiger partial charge < -0.3 is 9.42 Å². The Bertz CT molecular complexity index is 659. The standard InChI is InChI=1S/C12H16F3O6PS/c1-9(2)20-22(16,17)11(8-10-6-4-3-5-7-10)21-23(18,19)12(13,14)15/h3-7,9,11H,8H2,1-2H3,(H,16,17). The Labute approximate surface area is 131 Å². The molecular weight excluding hydrogens is 360 g/mol. The zero-order chi connectivity index (χ0) is 17.9. The molecule has 0 aliphatic carbocycles. The molecule has 0 aliphatic heterocycles. The predicted molar refractivity (Wildman–Crippen MR) is 76.0 cm³/mol. The largest absolute Gasteiger partial charge is 0.523 e. The predicted octanol–water partition coefficient (Wildman–Crippen LogP) is 3.03. The second kappa shape index (κ2) is 7.31. The SMILES string of the molecule is CC(C)OP(=O)(O)C(Cc1ccccc1)OS(=O)(=O)C(F)(F)F. The van der Waals surface area contributed by atoms with Crippen molar-refractivity contribution in [2.24, 2.45) is 0 Å². The molecule has 0 saturated carbocycles. The van der Waals surface area contributed by atoms with Gasteiger partial charge in [-0.3, -0.25) is 4.57 Å². The highest BCUT2D eigenvalue weighted by atomic mass is 32.2. The first-order valence-corrected chi connectivity index (χ1v) is 9.45. The first-order chi connectivity index (χ1) is 10.3. The Balaban J connectivity index is 3.14. The van der Waals surface area contributed by atoms with Gasteiger partial charge in [0.15, 0.2) is 5.85 Å². The number of hydrogen-bond acceptors (Lipinski definition) is 5. The van der Waals surface area contributed by atoms with Crippen molar-refractivity contribution in [1.29, 1.82) is 0 Å². The van der Waals surface area contributed by atoms with Crippen molar-refractivity contribution >= 4 is 17.7 Å². The van der Waals surface area contributed by atoms with Gasteiger partial charge in [-0.05, 0) is 19.4 Å². The molecule has 11 heteroatoms. The summed E-state index contributed by atoms with van der Waals surface area (Å²) in [4.78, 5) is 9.81. The fraction of sp³-hybridized carbons (Fsp3) is 0.500. The fourth-order valence-electron chi connectivity index (χ4n) is 1.59. The molecule has 1 aromatic rings. The molecule has 23 heavy (non-hydrogen) atoms. The maximum Gasteiger partial charge on any atom is 0.523 e. The average molecular weight is 376 g/mol. The summed E-state index contributed by atoms with van der Waals surface area (Å²) in [5.74, 6) is -2.21. The first-order valence-electron chi connectivity index (χ1n) is 6.39. The van der Waals surface area contributed by atoms with Crippen LogP contribution in [0, 0.1) is 0 Å². The lowest BCUT2D eigenvalue weighted by atomic mass is 10.2. The van der Waals surface area contributed by atoms with Crippen molar-refractivity contribution in [2.45, 2.75) is 37.7 Å². The lowest BCUT2D eigenvalue weighted by molar-refractivity contribution is -0.0557. The molecule has 1 N–H and O–H groups in total. The summed E-state index contributed by atoms with van der Waals surface area (Å²) in [6.45, 7) is 2.75. The molecule has 0 aliphatic rings. The van der Waals surface area contributed by atoms with E-state index in [1.807, 2.05) is 0 Å². The summed E-state index contributed by atoms with van der Waals surface area (Å²) in [6.07, 6.45) is -1.36. The average Bonchev–Trinajstić information content (AvgIpc) is 2.36. The fourth-order valence-corrected chi connectivity index (χ4v) is 4.02. The summed E-state index contributed by atoms with van der Waals surface area (Å²) >= 11 is 0. The lowest BCUT2D eigenvalue weighted by Crippen LogP contribution is -2.31. The van der Waals surface area contributed by atoms with Crippen LogP contribution in [0.2, 0.25) is 0 Å². The molecule has 0 amide bonds. The topological polar surface area (TPSA) is 89.9 Å². The summed E-state index contributed by atoms with van der Waals surface area (Å²) in [5.41, 5.74) is -5.39. The van der Waals surface area contributed by atoms with Crippen LogP contribution in [0.15, 0.2) is 30.3 Å². The maximum absolute atomic E-state index is 12.5. The van der Waals surface area contributed by atoms with Crippen molar-refractivity contribution in [3.63, 3.8) is 0 Å². The smallest absolute Gasteiger partial charge is 0.322 e. The van der Waals surface area contributed by atoms with E-state index >= 15 is 0 Å². The van der Waals surface area contributed by atoms with Crippen LogP contribution in [0.5, 0.6) is 0 Å². The highest BCUT2D eigenvalue weighted by molar-refractivity contribution is 7.87. The normalized spacial score (nSPS) is 17.0. The van der Waals surface area contributed by atoms with E-state index in [-0.39, 0.29) is 0 Å². The molecule has 0 saturated heterocycles. The van der Waals surface area contributed by atoms with Gasteiger partial charge in [-0.1, -0.05) is 30.3 Å².